The molecular weight excluding hydrogens is 603 g/mol. The molecule has 22 heteroatoms. The lowest BCUT2D eigenvalue weighted by molar-refractivity contribution is -0.174. The number of nitrogens with zero attached hydrogens (tertiary/aromatic N) is 9. The predicted molar refractivity (Wildman–Crippen MR) is 134 cm³/mol. The van der Waals surface area contributed by atoms with Crippen LogP contribution in [0.4, 0.5) is 18.3 Å². The van der Waals surface area contributed by atoms with Crippen molar-refractivity contribution >= 4 is 80.7 Å². The summed E-state index contributed by atoms with van der Waals surface area (Å²) in [5.74, 6) is -4.04. The lowest BCUT2D eigenvalue weighted by Crippen LogP contribution is -2.80. The van der Waals surface area contributed by atoms with Crippen LogP contribution in [0, 0.1) is 0 Å². The van der Waals surface area contributed by atoms with Crippen molar-refractivity contribution in [1.29, 1.82) is 0 Å². The molecular formula is C18H12F3N11O5S3. The van der Waals surface area contributed by atoms with Crippen LogP contribution in [0.3, 0.4) is 0 Å². The molecule has 1 saturated heterocycles. The lowest BCUT2D eigenvalue weighted by atomic mass is 9.87. The number of β-lactam (4-membered cyclic amide) rings is 1. The second-order valence-corrected chi connectivity index (χ2v) is 10.0. The zero-order chi connectivity index (χ0) is 28.8. The van der Waals surface area contributed by atoms with E-state index in [0.29, 0.717) is 17.2 Å². The number of oxime groups is 1. The van der Waals surface area contributed by atoms with Gasteiger partial charge in [-0.25, -0.2) is 4.79 Å². The number of hydrogen-bond acceptors (Lipinski definition) is 15. The Morgan fingerprint density at radius 2 is 2.17 bits per heavy atom. The van der Waals surface area contributed by atoms with Crippen LogP contribution in [0.1, 0.15) is 11.5 Å². The number of hydrogen-bond donors (Lipinski definition) is 3. The predicted octanol–water partition coefficient (Wildman–Crippen LogP) is -0.498. The smallest absolute Gasteiger partial charge is 0.425 e. The fourth-order valence-electron chi connectivity index (χ4n) is 3.77. The molecule has 16 nitrogen and oxygen atoms in total. The van der Waals surface area contributed by atoms with Crippen LogP contribution < -0.4 is 11.1 Å². The number of halogens is 3. The van der Waals surface area contributed by atoms with Crippen LogP contribution in [0.2, 0.25) is 0 Å². The van der Waals surface area contributed by atoms with Gasteiger partial charge in [0.2, 0.25) is 18.1 Å². The number of nitrogens with one attached hydrogen (secondary N) is 1. The minimum Gasteiger partial charge on any atom is -0.477 e. The Labute approximate surface area is 232 Å². The van der Waals surface area contributed by atoms with Crippen LogP contribution in [-0.2, 0) is 19.2 Å². The highest BCUT2D eigenvalue weighted by atomic mass is 32.2. The zero-order valence-corrected chi connectivity index (χ0v) is 21.7. The van der Waals surface area contributed by atoms with E-state index in [4.69, 9.17) is 18.0 Å². The first kappa shape index (κ1) is 27.3. The van der Waals surface area contributed by atoms with Crippen LogP contribution >= 0.6 is 35.5 Å². The normalized spacial score (nSPS) is 21.2. The average molecular weight is 616 g/mol. The van der Waals surface area contributed by atoms with E-state index < -0.39 is 58.7 Å². The molecule has 0 aromatic carbocycles. The molecule has 2 atom stereocenters. The van der Waals surface area contributed by atoms with E-state index in [-0.39, 0.29) is 22.2 Å². The Morgan fingerprint density at radius 3 is 2.83 bits per heavy atom. The molecule has 0 aliphatic carbocycles. The second-order valence-electron chi connectivity index (χ2n) is 7.94. The number of fused-ring (bicyclic) bond motifs is 2. The molecule has 3 aromatic rings. The Balaban J connectivity index is 1.46. The van der Waals surface area contributed by atoms with E-state index in [2.05, 4.69) is 45.3 Å². The van der Waals surface area contributed by atoms with Gasteiger partial charge in [-0.2, -0.15) is 22.5 Å². The number of rotatable bonds is 8. The topological polar surface area (TPSA) is 216 Å². The highest BCUT2D eigenvalue weighted by Crippen LogP contribution is 2.47. The molecule has 2 amide bonds. The van der Waals surface area contributed by atoms with Gasteiger partial charge in [0.25, 0.3) is 11.8 Å². The van der Waals surface area contributed by atoms with Gasteiger partial charge >= 0.3 is 12.1 Å². The second kappa shape index (κ2) is 10.0. The molecule has 0 radical (unpaired) electrons. The molecule has 5 heterocycles. The third kappa shape index (κ3) is 4.68. The van der Waals surface area contributed by atoms with Crippen LogP contribution in [0.15, 0.2) is 23.0 Å². The summed E-state index contributed by atoms with van der Waals surface area (Å²) in [4.78, 5) is 47.8. The van der Waals surface area contributed by atoms with Crippen molar-refractivity contribution in [3.05, 3.63) is 29.3 Å². The molecule has 1 unspecified atom stereocenters. The van der Waals surface area contributed by atoms with Gasteiger partial charge in [0, 0.05) is 28.2 Å². The summed E-state index contributed by atoms with van der Waals surface area (Å²) in [7, 11) is 0. The number of nitrogen functional groups attached to an aromatic ring is 1. The van der Waals surface area contributed by atoms with Gasteiger partial charge in [0.15, 0.2) is 16.3 Å². The SMILES string of the molecule is Nc1nc(C(=NOCC(F)(F)F)C(=O)NC2(C=S)C(=O)N3C(C(=O)O)=C(c4ccc5nnnn5n4)CS[C@H]32)ns1. The Kier molecular flexibility index (Phi) is 6.83. The number of aliphatic carboxylic acids is 1. The highest BCUT2D eigenvalue weighted by Gasteiger charge is 2.65. The van der Waals surface area contributed by atoms with E-state index in [0.717, 1.165) is 26.7 Å². The minimum atomic E-state index is -4.76. The maximum absolute atomic E-state index is 13.4. The third-order valence-corrected chi connectivity index (χ3v) is 7.72. The van der Waals surface area contributed by atoms with Crippen molar-refractivity contribution in [2.24, 2.45) is 5.16 Å². The lowest BCUT2D eigenvalue weighted by Gasteiger charge is -2.55. The number of thiocarbonyl (C=S) groups is 1. The first-order valence-corrected chi connectivity index (χ1v) is 12.9. The van der Waals surface area contributed by atoms with E-state index in [1.54, 1.807) is 0 Å². The molecule has 208 valence electrons. The van der Waals surface area contributed by atoms with E-state index in [1.807, 2.05) is 0 Å². The molecule has 1 fully saturated rings. The molecule has 2 aliphatic heterocycles. The van der Waals surface area contributed by atoms with Gasteiger partial charge in [-0.3, -0.25) is 14.5 Å². The molecule has 5 rings (SSSR count). The van der Waals surface area contributed by atoms with Gasteiger partial charge in [-0.05, 0) is 22.6 Å². The standard InChI is InChI=1S/C18H12F3N11O5S3/c19-18(20,21)4-37-27-9(11-23-16(22)40-28-11)12(33)24-17(5-38)14(36)31-10(13(34)35)6(3-39-15(17)31)7-1-2-8-25-29-30-32(8)26-7/h1-2,5,15H,3-4H2,(H,24,33)(H,34,35)(H2,22,23,28)/t15-,17?/m0/s1. The summed E-state index contributed by atoms with van der Waals surface area (Å²) in [5, 5.41) is 30.4. The summed E-state index contributed by atoms with van der Waals surface area (Å²) in [5.41, 5.74) is 3.02. The number of carbonyl (C=O) groups is 3. The number of alkyl halides is 3. The van der Waals surface area contributed by atoms with Gasteiger partial charge in [-0.15, -0.1) is 26.6 Å². The van der Waals surface area contributed by atoms with Gasteiger partial charge in [-0.1, -0.05) is 17.4 Å². The Hall–Kier alpha value is -4.31. The highest BCUT2D eigenvalue weighted by molar-refractivity contribution is 8.00. The van der Waals surface area contributed by atoms with Gasteiger partial charge in [0.05, 0.1) is 5.69 Å². The monoisotopic (exact) mass is 615 g/mol. The number of tetrazole rings is 1. The summed E-state index contributed by atoms with van der Waals surface area (Å²) in [6, 6.07) is 2.99. The fourth-order valence-corrected chi connectivity index (χ4v) is 6.03. The fraction of sp³-hybridized carbons (Fsp3) is 0.278. The quantitative estimate of drug-likeness (QED) is 0.126. The van der Waals surface area contributed by atoms with Crippen molar-refractivity contribution in [1.82, 2.24) is 44.8 Å². The van der Waals surface area contributed by atoms with Crippen molar-refractivity contribution < 1.29 is 37.5 Å². The zero-order valence-electron chi connectivity index (χ0n) is 19.3. The van der Waals surface area contributed by atoms with E-state index in [9.17, 15) is 32.7 Å². The molecule has 40 heavy (non-hydrogen) atoms. The van der Waals surface area contributed by atoms with Gasteiger partial charge < -0.3 is 21.0 Å². The molecule has 0 saturated carbocycles. The molecule has 0 bridgehead atoms. The Bertz CT molecular complexity index is 1620. The maximum Gasteiger partial charge on any atom is 0.425 e. The Morgan fingerprint density at radius 1 is 1.40 bits per heavy atom. The molecule has 2 aliphatic rings. The van der Waals surface area contributed by atoms with Crippen LogP contribution in [-0.4, -0.2) is 103 Å². The number of carboxylic acid groups (broad SMARTS) is 1. The third-order valence-electron chi connectivity index (χ3n) is 5.45. The summed E-state index contributed by atoms with van der Waals surface area (Å²) >= 11 is 6.73. The van der Waals surface area contributed by atoms with E-state index >= 15 is 0 Å². The number of nitrogens with two attached hydrogens (primary N) is 1. The number of carboxylic acids is 1. The van der Waals surface area contributed by atoms with Crippen LogP contribution in [0.5, 0.6) is 0 Å². The number of aromatic nitrogens is 7. The average Bonchev–Trinajstić information content (AvgIpc) is 3.56. The molecule has 4 N–H and O–H groups in total. The minimum absolute atomic E-state index is 0.0112. The van der Waals surface area contributed by atoms with Crippen LogP contribution in [0.25, 0.3) is 11.2 Å². The molecule has 3 aromatic heterocycles. The van der Waals surface area contributed by atoms with Crippen molar-refractivity contribution in [3.8, 4) is 0 Å². The number of anilines is 1. The first-order valence-electron chi connectivity index (χ1n) is 10.6. The summed E-state index contributed by atoms with van der Waals surface area (Å²) < 4.78 is 42.6. The summed E-state index contributed by atoms with van der Waals surface area (Å²) in [6.07, 6.45) is -4.76. The maximum atomic E-state index is 13.4. The van der Waals surface area contributed by atoms with Crippen molar-refractivity contribution in [2.75, 3.05) is 18.1 Å². The first-order chi connectivity index (χ1) is 18.9. The summed E-state index contributed by atoms with van der Waals surface area (Å²) in [6.45, 7) is -1.83. The van der Waals surface area contributed by atoms with E-state index in [1.165, 1.54) is 12.1 Å². The molecule has 0 spiro atoms. The van der Waals surface area contributed by atoms with Gasteiger partial charge in [0.1, 0.15) is 11.1 Å². The number of amides is 2. The number of thioether (sulfide) groups is 1. The van der Waals surface area contributed by atoms with Crippen molar-refractivity contribution in [3.63, 3.8) is 0 Å². The number of carbonyl (C=O) groups excluding carboxylic acids is 2. The van der Waals surface area contributed by atoms with Crippen molar-refractivity contribution in [2.45, 2.75) is 17.1 Å². The largest absolute Gasteiger partial charge is 0.477 e.